The molecule has 3 N–H and O–H groups in total. The van der Waals surface area contributed by atoms with Crippen LogP contribution < -0.4 is 16.2 Å². The molecule has 0 aromatic carbocycles. The smallest absolute Gasteiger partial charge is 0.0927 e. The second-order valence-electron chi connectivity index (χ2n) is 2.82. The average molecular weight is 141 g/mol. The Morgan fingerprint density at radius 3 is 2.80 bits per heavy atom. The van der Waals surface area contributed by atoms with E-state index in [9.17, 15) is 0 Å². The van der Waals surface area contributed by atoms with Crippen molar-refractivity contribution in [1.29, 1.82) is 0 Å². The van der Waals surface area contributed by atoms with Gasteiger partial charge in [-0.3, -0.25) is 0 Å². The van der Waals surface area contributed by atoms with Gasteiger partial charge in [0.2, 0.25) is 0 Å². The molecule has 0 spiro atoms. The standard InChI is InChI=1S/C7H15N3/c1-3-5-8-6-4-7(2)9-10-7/h3,8-10H,1,4-6H2,2H3. The molecular formula is C7H15N3. The van der Waals surface area contributed by atoms with Gasteiger partial charge in [-0.1, -0.05) is 6.08 Å². The van der Waals surface area contributed by atoms with E-state index in [0.717, 1.165) is 19.5 Å². The van der Waals surface area contributed by atoms with Crippen molar-refractivity contribution in [1.82, 2.24) is 16.2 Å². The first-order valence-corrected chi connectivity index (χ1v) is 3.63. The van der Waals surface area contributed by atoms with E-state index in [1.807, 2.05) is 6.08 Å². The van der Waals surface area contributed by atoms with Crippen LogP contribution in [-0.4, -0.2) is 18.8 Å². The van der Waals surface area contributed by atoms with Gasteiger partial charge in [-0.15, -0.1) is 6.58 Å². The van der Waals surface area contributed by atoms with E-state index in [1.54, 1.807) is 0 Å². The lowest BCUT2D eigenvalue weighted by atomic mass is 10.2. The summed E-state index contributed by atoms with van der Waals surface area (Å²) in [6.45, 7) is 7.69. The van der Waals surface area contributed by atoms with Crippen LogP contribution in [0.1, 0.15) is 13.3 Å². The fraction of sp³-hybridized carbons (Fsp3) is 0.714. The summed E-state index contributed by atoms with van der Waals surface area (Å²) in [6, 6.07) is 0. The molecule has 0 aromatic heterocycles. The molecule has 1 fully saturated rings. The molecule has 0 aliphatic carbocycles. The molecule has 0 bridgehead atoms. The molecule has 0 unspecified atom stereocenters. The van der Waals surface area contributed by atoms with E-state index < -0.39 is 0 Å². The Morgan fingerprint density at radius 2 is 2.30 bits per heavy atom. The van der Waals surface area contributed by atoms with Crippen LogP contribution in [0.5, 0.6) is 0 Å². The van der Waals surface area contributed by atoms with Gasteiger partial charge in [-0.25, -0.2) is 10.9 Å². The van der Waals surface area contributed by atoms with Crippen molar-refractivity contribution < 1.29 is 0 Å². The molecule has 1 aliphatic rings. The van der Waals surface area contributed by atoms with Gasteiger partial charge < -0.3 is 5.32 Å². The summed E-state index contributed by atoms with van der Waals surface area (Å²) in [6.07, 6.45) is 2.98. The van der Waals surface area contributed by atoms with Crippen molar-refractivity contribution in [2.24, 2.45) is 0 Å². The van der Waals surface area contributed by atoms with Gasteiger partial charge in [-0.05, 0) is 19.9 Å². The maximum absolute atomic E-state index is 3.62. The van der Waals surface area contributed by atoms with Crippen LogP contribution in [0.2, 0.25) is 0 Å². The molecule has 0 saturated carbocycles. The number of nitrogens with one attached hydrogen (secondary N) is 3. The lowest BCUT2D eigenvalue weighted by Crippen LogP contribution is -2.23. The predicted molar refractivity (Wildman–Crippen MR) is 42.4 cm³/mol. The molecule has 0 radical (unpaired) electrons. The fourth-order valence-electron chi connectivity index (χ4n) is 0.774. The molecule has 58 valence electrons. The van der Waals surface area contributed by atoms with E-state index in [4.69, 9.17) is 0 Å². The largest absolute Gasteiger partial charge is 0.313 e. The van der Waals surface area contributed by atoms with E-state index in [2.05, 4.69) is 29.7 Å². The molecule has 1 aliphatic heterocycles. The van der Waals surface area contributed by atoms with Gasteiger partial charge in [0.15, 0.2) is 0 Å². The summed E-state index contributed by atoms with van der Waals surface area (Å²) < 4.78 is 0. The molecule has 1 saturated heterocycles. The lowest BCUT2D eigenvalue weighted by molar-refractivity contribution is 0.567. The Hall–Kier alpha value is -0.380. The third kappa shape index (κ3) is 2.47. The summed E-state index contributed by atoms with van der Waals surface area (Å²) in [5.41, 5.74) is 6.35. The Kier molecular flexibility index (Phi) is 2.43. The van der Waals surface area contributed by atoms with Crippen molar-refractivity contribution in [2.75, 3.05) is 13.1 Å². The Balaban J connectivity index is 1.90. The minimum absolute atomic E-state index is 0.203. The third-order valence-corrected chi connectivity index (χ3v) is 1.64. The second kappa shape index (κ2) is 3.14. The van der Waals surface area contributed by atoms with Crippen molar-refractivity contribution in [3.05, 3.63) is 12.7 Å². The van der Waals surface area contributed by atoms with Crippen LogP contribution in [0, 0.1) is 0 Å². The topological polar surface area (TPSA) is 55.9 Å². The van der Waals surface area contributed by atoms with Gasteiger partial charge in [0, 0.05) is 6.54 Å². The maximum atomic E-state index is 3.62. The van der Waals surface area contributed by atoms with Gasteiger partial charge >= 0.3 is 0 Å². The third-order valence-electron chi connectivity index (χ3n) is 1.64. The first-order valence-electron chi connectivity index (χ1n) is 3.63. The van der Waals surface area contributed by atoms with E-state index in [1.165, 1.54) is 0 Å². The van der Waals surface area contributed by atoms with Crippen molar-refractivity contribution in [3.8, 4) is 0 Å². The molecule has 1 heterocycles. The monoisotopic (exact) mass is 141 g/mol. The highest BCUT2D eigenvalue weighted by atomic mass is 15.7. The van der Waals surface area contributed by atoms with Crippen LogP contribution in [-0.2, 0) is 0 Å². The highest BCUT2D eigenvalue weighted by Gasteiger charge is 2.34. The molecule has 0 atom stereocenters. The first kappa shape index (κ1) is 7.72. The summed E-state index contributed by atoms with van der Waals surface area (Å²) in [5.74, 6) is 0. The van der Waals surface area contributed by atoms with Crippen molar-refractivity contribution >= 4 is 0 Å². The first-order chi connectivity index (χ1) is 4.77. The molecule has 10 heavy (non-hydrogen) atoms. The molecule has 0 aromatic rings. The summed E-state index contributed by atoms with van der Waals surface area (Å²) >= 11 is 0. The number of hydrazine groups is 1. The zero-order valence-corrected chi connectivity index (χ0v) is 6.41. The normalized spacial score (nSPS) is 20.5. The zero-order chi connectivity index (χ0) is 7.45. The SMILES string of the molecule is C=CCNCCC1(C)NN1. The molecular weight excluding hydrogens is 126 g/mol. The Bertz CT molecular complexity index is 118. The fourth-order valence-corrected chi connectivity index (χ4v) is 0.774. The van der Waals surface area contributed by atoms with Crippen LogP contribution in [0.25, 0.3) is 0 Å². The summed E-state index contributed by atoms with van der Waals surface area (Å²) in [7, 11) is 0. The summed E-state index contributed by atoms with van der Waals surface area (Å²) in [5, 5.41) is 3.23. The quantitative estimate of drug-likeness (QED) is 0.286. The molecule has 0 amide bonds. The van der Waals surface area contributed by atoms with Gasteiger partial charge in [-0.2, -0.15) is 0 Å². The van der Waals surface area contributed by atoms with Crippen LogP contribution >= 0.6 is 0 Å². The van der Waals surface area contributed by atoms with Crippen molar-refractivity contribution in [3.63, 3.8) is 0 Å². The number of hydrogen-bond donors (Lipinski definition) is 3. The van der Waals surface area contributed by atoms with E-state index in [-0.39, 0.29) is 5.66 Å². The van der Waals surface area contributed by atoms with E-state index in [0.29, 0.717) is 0 Å². The maximum Gasteiger partial charge on any atom is 0.0927 e. The molecule has 3 nitrogen and oxygen atoms in total. The number of hydrogen-bond acceptors (Lipinski definition) is 3. The number of rotatable bonds is 5. The van der Waals surface area contributed by atoms with Crippen LogP contribution in [0.15, 0.2) is 12.7 Å². The van der Waals surface area contributed by atoms with Gasteiger partial charge in [0.25, 0.3) is 0 Å². The zero-order valence-electron chi connectivity index (χ0n) is 6.41. The van der Waals surface area contributed by atoms with Gasteiger partial charge in [0.1, 0.15) is 0 Å². The van der Waals surface area contributed by atoms with Crippen LogP contribution in [0.4, 0.5) is 0 Å². The second-order valence-corrected chi connectivity index (χ2v) is 2.82. The Labute approximate surface area is 61.9 Å². The lowest BCUT2D eigenvalue weighted by Gasteiger charge is -2.03. The van der Waals surface area contributed by atoms with E-state index >= 15 is 0 Å². The predicted octanol–water partition coefficient (Wildman–Crippen LogP) is -0.0239. The molecule has 1 rings (SSSR count). The van der Waals surface area contributed by atoms with Crippen LogP contribution in [0.3, 0.4) is 0 Å². The van der Waals surface area contributed by atoms with Crippen molar-refractivity contribution in [2.45, 2.75) is 19.0 Å². The average Bonchev–Trinajstić information content (AvgIpc) is 2.62. The Morgan fingerprint density at radius 1 is 1.60 bits per heavy atom. The van der Waals surface area contributed by atoms with Gasteiger partial charge in [0.05, 0.1) is 5.66 Å². The summed E-state index contributed by atoms with van der Waals surface area (Å²) in [4.78, 5) is 0. The minimum Gasteiger partial charge on any atom is -0.313 e. The minimum atomic E-state index is 0.203. The highest BCUT2D eigenvalue weighted by molar-refractivity contribution is 4.89. The highest BCUT2D eigenvalue weighted by Crippen LogP contribution is 2.11. The molecule has 3 heteroatoms.